The zero-order valence-electron chi connectivity index (χ0n) is 14.4. The van der Waals surface area contributed by atoms with E-state index < -0.39 is 0 Å². The zero-order valence-corrected chi connectivity index (χ0v) is 15.2. The second-order valence-corrected chi connectivity index (χ2v) is 8.04. The van der Waals surface area contributed by atoms with Gasteiger partial charge in [0.25, 0.3) is 0 Å². The topological polar surface area (TPSA) is 66.9 Å². The summed E-state index contributed by atoms with van der Waals surface area (Å²) in [6, 6.07) is 7.95. The van der Waals surface area contributed by atoms with Crippen molar-refractivity contribution in [3.63, 3.8) is 0 Å². The summed E-state index contributed by atoms with van der Waals surface area (Å²) in [4.78, 5) is 23.8. The van der Waals surface area contributed by atoms with Crippen molar-refractivity contribution >= 4 is 39.0 Å². The fourth-order valence-corrected chi connectivity index (χ4v) is 5.35. The minimum absolute atomic E-state index is 0.0904. The SMILES string of the molecule is O=C1Nc2ccccc2[C@H]1CCNc1ncnc2sc3c(c12)CCCC3. The predicted molar refractivity (Wildman–Crippen MR) is 105 cm³/mol. The van der Waals surface area contributed by atoms with Crippen LogP contribution in [0.4, 0.5) is 11.5 Å². The number of para-hydroxylation sites is 1. The van der Waals surface area contributed by atoms with E-state index in [1.165, 1.54) is 28.7 Å². The average Bonchev–Trinajstić information content (AvgIpc) is 3.20. The lowest BCUT2D eigenvalue weighted by Crippen LogP contribution is -2.16. The molecule has 5 nitrogen and oxygen atoms in total. The molecule has 3 aromatic rings. The first-order chi connectivity index (χ1) is 12.8. The van der Waals surface area contributed by atoms with Crippen LogP contribution < -0.4 is 10.6 Å². The quantitative estimate of drug-likeness (QED) is 0.731. The maximum Gasteiger partial charge on any atom is 0.232 e. The number of hydrogen-bond donors (Lipinski definition) is 2. The average molecular weight is 364 g/mol. The first-order valence-electron chi connectivity index (χ1n) is 9.20. The van der Waals surface area contributed by atoms with Crippen LogP contribution in [0.3, 0.4) is 0 Å². The van der Waals surface area contributed by atoms with Gasteiger partial charge in [-0.05, 0) is 49.3 Å². The Morgan fingerprint density at radius 1 is 1.19 bits per heavy atom. The number of aromatic nitrogens is 2. The first-order valence-corrected chi connectivity index (χ1v) is 10.0. The lowest BCUT2D eigenvalue weighted by molar-refractivity contribution is -0.117. The van der Waals surface area contributed by atoms with Crippen LogP contribution in [-0.4, -0.2) is 22.4 Å². The molecule has 1 aromatic carbocycles. The van der Waals surface area contributed by atoms with Crippen LogP contribution in [0.2, 0.25) is 0 Å². The molecule has 1 atom stereocenters. The number of rotatable bonds is 4. The van der Waals surface area contributed by atoms with Crippen LogP contribution in [-0.2, 0) is 17.6 Å². The number of benzene rings is 1. The molecule has 1 aliphatic heterocycles. The molecule has 0 saturated heterocycles. The number of anilines is 2. The molecular weight excluding hydrogens is 344 g/mol. The van der Waals surface area contributed by atoms with E-state index in [9.17, 15) is 4.79 Å². The van der Waals surface area contributed by atoms with Crippen LogP contribution >= 0.6 is 11.3 Å². The van der Waals surface area contributed by atoms with Crippen molar-refractivity contribution < 1.29 is 4.79 Å². The highest BCUT2D eigenvalue weighted by atomic mass is 32.1. The van der Waals surface area contributed by atoms with E-state index >= 15 is 0 Å². The number of amides is 1. The van der Waals surface area contributed by atoms with Crippen molar-refractivity contribution in [1.29, 1.82) is 0 Å². The standard InChI is InChI=1S/C20H20N4OS/c25-19-13(12-5-1-3-7-15(12)24-19)9-10-21-18-17-14-6-2-4-8-16(14)26-20(17)23-11-22-18/h1,3,5,7,11,13H,2,4,6,8-10H2,(H,24,25)(H,21,22,23)/t13-/m1/s1. The molecule has 1 aliphatic carbocycles. The Bertz CT molecular complexity index is 997. The molecule has 3 heterocycles. The summed E-state index contributed by atoms with van der Waals surface area (Å²) in [5, 5.41) is 7.65. The fraction of sp³-hybridized carbons (Fsp3) is 0.350. The molecule has 2 aliphatic rings. The van der Waals surface area contributed by atoms with Gasteiger partial charge < -0.3 is 10.6 Å². The molecule has 6 heteroatoms. The van der Waals surface area contributed by atoms with Crippen LogP contribution in [0, 0.1) is 0 Å². The van der Waals surface area contributed by atoms with Gasteiger partial charge >= 0.3 is 0 Å². The number of nitrogens with zero attached hydrogens (tertiary/aromatic N) is 2. The van der Waals surface area contributed by atoms with Crippen LogP contribution in [0.15, 0.2) is 30.6 Å². The van der Waals surface area contributed by atoms with E-state index in [1.54, 1.807) is 6.33 Å². The fourth-order valence-electron chi connectivity index (χ4n) is 4.12. The maximum atomic E-state index is 12.3. The predicted octanol–water partition coefficient (Wildman–Crippen LogP) is 4.11. The molecule has 2 N–H and O–H groups in total. The van der Waals surface area contributed by atoms with Crippen molar-refractivity contribution in [3.8, 4) is 0 Å². The Kier molecular flexibility index (Phi) is 3.85. The first kappa shape index (κ1) is 15.8. The third-order valence-electron chi connectivity index (χ3n) is 5.39. The van der Waals surface area contributed by atoms with Crippen LogP contribution in [0.25, 0.3) is 10.2 Å². The van der Waals surface area contributed by atoms with Crippen molar-refractivity contribution in [2.45, 2.75) is 38.0 Å². The van der Waals surface area contributed by atoms with Gasteiger partial charge in [0.05, 0.1) is 11.3 Å². The Morgan fingerprint density at radius 2 is 2.08 bits per heavy atom. The number of hydrogen-bond acceptors (Lipinski definition) is 5. The molecular formula is C20H20N4OS. The zero-order chi connectivity index (χ0) is 17.5. The normalized spacial score (nSPS) is 18.5. The summed E-state index contributed by atoms with van der Waals surface area (Å²) in [6.45, 7) is 0.711. The number of carbonyl (C=O) groups excluding carboxylic acids is 1. The monoisotopic (exact) mass is 364 g/mol. The molecule has 1 amide bonds. The molecule has 5 rings (SSSR count). The van der Waals surface area contributed by atoms with Crippen molar-refractivity contribution in [1.82, 2.24) is 9.97 Å². The smallest absolute Gasteiger partial charge is 0.232 e. The van der Waals surface area contributed by atoms with E-state index in [2.05, 4.69) is 20.6 Å². The summed E-state index contributed by atoms with van der Waals surface area (Å²) in [7, 11) is 0. The van der Waals surface area contributed by atoms with Crippen molar-refractivity contribution in [3.05, 3.63) is 46.6 Å². The molecule has 0 saturated carbocycles. The Labute approximate surface area is 155 Å². The summed E-state index contributed by atoms with van der Waals surface area (Å²) >= 11 is 1.81. The molecule has 0 fully saturated rings. The van der Waals surface area contributed by atoms with E-state index in [0.717, 1.165) is 41.2 Å². The highest BCUT2D eigenvalue weighted by Gasteiger charge is 2.29. The van der Waals surface area contributed by atoms with Gasteiger partial charge in [0.15, 0.2) is 0 Å². The third-order valence-corrected chi connectivity index (χ3v) is 6.59. The Morgan fingerprint density at radius 3 is 3.04 bits per heavy atom. The molecule has 0 radical (unpaired) electrons. The second-order valence-electron chi connectivity index (χ2n) is 6.96. The summed E-state index contributed by atoms with van der Waals surface area (Å²) in [6.07, 6.45) is 7.19. The minimum atomic E-state index is -0.0904. The van der Waals surface area contributed by atoms with Crippen molar-refractivity contribution in [2.75, 3.05) is 17.2 Å². The number of nitrogens with one attached hydrogen (secondary N) is 2. The second kappa shape index (κ2) is 6.36. The number of carbonyl (C=O) groups is 1. The summed E-state index contributed by atoms with van der Waals surface area (Å²) in [5.41, 5.74) is 3.47. The Balaban J connectivity index is 1.36. The minimum Gasteiger partial charge on any atom is -0.369 e. The van der Waals surface area contributed by atoms with Gasteiger partial charge in [-0.2, -0.15) is 0 Å². The lowest BCUT2D eigenvalue weighted by Gasteiger charge is -2.13. The van der Waals surface area contributed by atoms with E-state index in [4.69, 9.17) is 0 Å². The molecule has 0 spiro atoms. The van der Waals surface area contributed by atoms with Crippen molar-refractivity contribution in [2.24, 2.45) is 0 Å². The van der Waals surface area contributed by atoms with Crippen LogP contribution in [0.1, 0.15) is 41.2 Å². The number of fused-ring (bicyclic) bond motifs is 4. The van der Waals surface area contributed by atoms with E-state index in [1.807, 2.05) is 35.6 Å². The number of thiophene rings is 1. The van der Waals surface area contributed by atoms with Gasteiger partial charge in [-0.15, -0.1) is 11.3 Å². The highest BCUT2D eigenvalue weighted by molar-refractivity contribution is 7.19. The largest absolute Gasteiger partial charge is 0.369 e. The summed E-state index contributed by atoms with van der Waals surface area (Å²) in [5.74, 6) is 0.919. The van der Waals surface area contributed by atoms with Crippen LogP contribution in [0.5, 0.6) is 0 Å². The highest BCUT2D eigenvalue weighted by Crippen LogP contribution is 2.38. The molecule has 132 valence electrons. The number of aryl methyl sites for hydroxylation is 2. The van der Waals surface area contributed by atoms with Gasteiger partial charge in [0, 0.05) is 17.1 Å². The Hall–Kier alpha value is -2.47. The van der Waals surface area contributed by atoms with E-state index in [0.29, 0.717) is 6.54 Å². The molecule has 0 bridgehead atoms. The van der Waals surface area contributed by atoms with E-state index in [-0.39, 0.29) is 11.8 Å². The van der Waals surface area contributed by atoms with Gasteiger partial charge in [-0.3, -0.25) is 4.79 Å². The molecule has 26 heavy (non-hydrogen) atoms. The molecule has 0 unspecified atom stereocenters. The summed E-state index contributed by atoms with van der Waals surface area (Å²) < 4.78 is 0. The third kappa shape index (κ3) is 2.56. The van der Waals surface area contributed by atoms with Gasteiger partial charge in [0.2, 0.25) is 5.91 Å². The molecule has 2 aromatic heterocycles. The van der Waals surface area contributed by atoms with Gasteiger partial charge in [0.1, 0.15) is 17.0 Å². The van der Waals surface area contributed by atoms with Gasteiger partial charge in [-0.1, -0.05) is 18.2 Å². The maximum absolute atomic E-state index is 12.3. The lowest BCUT2D eigenvalue weighted by atomic mass is 9.96. The van der Waals surface area contributed by atoms with Gasteiger partial charge in [-0.25, -0.2) is 9.97 Å².